The van der Waals surface area contributed by atoms with Gasteiger partial charge in [-0.15, -0.1) is 0 Å². The summed E-state index contributed by atoms with van der Waals surface area (Å²) in [5.74, 6) is -1.14. The van der Waals surface area contributed by atoms with Gasteiger partial charge in [-0.25, -0.2) is 13.5 Å². The van der Waals surface area contributed by atoms with Crippen LogP contribution >= 0.6 is 0 Å². The quantitative estimate of drug-likeness (QED) is 0.758. The Kier molecular flexibility index (Phi) is 4.16. The van der Waals surface area contributed by atoms with Gasteiger partial charge < -0.3 is 11.1 Å². The van der Waals surface area contributed by atoms with Crippen molar-refractivity contribution >= 4 is 16.8 Å². The number of hydrogen-bond donors (Lipinski definition) is 2. The Hall–Kier alpha value is -2.80. The average Bonchev–Trinajstić information content (AvgIpc) is 3.05. The molecule has 0 saturated carbocycles. The first-order valence-corrected chi connectivity index (χ1v) is 8.45. The summed E-state index contributed by atoms with van der Waals surface area (Å²) in [6.45, 7) is 0.878. The molecule has 1 aliphatic heterocycles. The van der Waals surface area contributed by atoms with Crippen LogP contribution in [0.3, 0.4) is 0 Å². The molecule has 7 heteroatoms. The summed E-state index contributed by atoms with van der Waals surface area (Å²) < 4.78 is 29.7. The molecule has 5 nitrogen and oxygen atoms in total. The Morgan fingerprint density at radius 1 is 1.27 bits per heavy atom. The molecule has 1 aliphatic rings. The van der Waals surface area contributed by atoms with E-state index < -0.39 is 17.9 Å². The standard InChI is InChI=1S/C19H18F2N4O/c20-13-6-12(8-23-9-13)15-5-4-14(7-17(15)21)25-10-11-2-1-3-16(19(22)26)18(11)24-25/h1-5,7,10,12-13,23H,6,8-9H2,(H2,22,26)/t12-,13-/m0/s1. The summed E-state index contributed by atoms with van der Waals surface area (Å²) >= 11 is 0. The molecule has 26 heavy (non-hydrogen) atoms. The second-order valence-electron chi connectivity index (χ2n) is 6.58. The lowest BCUT2D eigenvalue weighted by atomic mass is 9.90. The van der Waals surface area contributed by atoms with Crippen molar-refractivity contribution in [3.05, 3.63) is 59.5 Å². The number of nitrogens with two attached hydrogens (primary N) is 1. The van der Waals surface area contributed by atoms with Crippen molar-refractivity contribution in [1.29, 1.82) is 0 Å². The Morgan fingerprint density at radius 3 is 2.85 bits per heavy atom. The maximum absolute atomic E-state index is 14.6. The van der Waals surface area contributed by atoms with Crippen LogP contribution in [0.4, 0.5) is 8.78 Å². The first-order valence-electron chi connectivity index (χ1n) is 8.45. The van der Waals surface area contributed by atoms with Gasteiger partial charge in [-0.2, -0.15) is 5.10 Å². The molecule has 134 valence electrons. The predicted molar refractivity (Wildman–Crippen MR) is 94.7 cm³/mol. The number of carbonyl (C=O) groups is 1. The highest BCUT2D eigenvalue weighted by Crippen LogP contribution is 2.28. The van der Waals surface area contributed by atoms with E-state index >= 15 is 0 Å². The van der Waals surface area contributed by atoms with E-state index in [9.17, 15) is 13.6 Å². The number of aromatic nitrogens is 2. The number of carbonyl (C=O) groups excluding carboxylic acids is 1. The molecule has 1 fully saturated rings. The lowest BCUT2D eigenvalue weighted by Gasteiger charge is -2.26. The van der Waals surface area contributed by atoms with E-state index in [2.05, 4.69) is 10.4 Å². The van der Waals surface area contributed by atoms with Crippen molar-refractivity contribution < 1.29 is 13.6 Å². The van der Waals surface area contributed by atoms with E-state index in [-0.39, 0.29) is 5.92 Å². The van der Waals surface area contributed by atoms with Crippen LogP contribution in [-0.2, 0) is 0 Å². The minimum absolute atomic E-state index is 0.189. The minimum Gasteiger partial charge on any atom is -0.366 e. The largest absolute Gasteiger partial charge is 0.366 e. The smallest absolute Gasteiger partial charge is 0.250 e. The number of piperidine rings is 1. The maximum Gasteiger partial charge on any atom is 0.250 e. The van der Waals surface area contributed by atoms with Gasteiger partial charge in [0.2, 0.25) is 0 Å². The van der Waals surface area contributed by atoms with Gasteiger partial charge in [0.05, 0.1) is 11.3 Å². The molecule has 4 rings (SSSR count). The molecule has 3 N–H and O–H groups in total. The van der Waals surface area contributed by atoms with E-state index in [4.69, 9.17) is 5.73 Å². The van der Waals surface area contributed by atoms with Crippen LogP contribution in [0, 0.1) is 5.82 Å². The van der Waals surface area contributed by atoms with Crippen LogP contribution in [0.15, 0.2) is 42.6 Å². The third-order valence-corrected chi connectivity index (χ3v) is 4.79. The number of nitrogens with one attached hydrogen (secondary N) is 1. The molecule has 0 unspecified atom stereocenters. The Labute approximate surface area is 148 Å². The monoisotopic (exact) mass is 356 g/mol. The van der Waals surface area contributed by atoms with Crippen LogP contribution in [0.2, 0.25) is 0 Å². The van der Waals surface area contributed by atoms with Gasteiger partial charge in [0.1, 0.15) is 17.5 Å². The predicted octanol–water partition coefficient (Wildman–Crippen LogP) is 2.68. The molecular weight excluding hydrogens is 338 g/mol. The number of amides is 1. The number of alkyl halides is 1. The van der Waals surface area contributed by atoms with E-state index in [0.717, 1.165) is 5.39 Å². The number of hydrogen-bond acceptors (Lipinski definition) is 3. The van der Waals surface area contributed by atoms with Crippen LogP contribution in [-0.4, -0.2) is 34.9 Å². The molecule has 0 aliphatic carbocycles. The minimum atomic E-state index is -0.962. The molecule has 0 spiro atoms. The molecule has 0 radical (unpaired) electrons. The number of rotatable bonds is 3. The van der Waals surface area contributed by atoms with Crippen molar-refractivity contribution in [2.45, 2.75) is 18.5 Å². The molecule has 1 saturated heterocycles. The van der Waals surface area contributed by atoms with E-state index in [1.807, 2.05) is 6.07 Å². The van der Waals surface area contributed by atoms with Gasteiger partial charge in [0.15, 0.2) is 0 Å². The number of primary amides is 1. The van der Waals surface area contributed by atoms with E-state index in [1.54, 1.807) is 30.5 Å². The van der Waals surface area contributed by atoms with Gasteiger partial charge in [-0.1, -0.05) is 18.2 Å². The van der Waals surface area contributed by atoms with Gasteiger partial charge in [0, 0.05) is 30.6 Å². The van der Waals surface area contributed by atoms with Crippen LogP contribution in [0.1, 0.15) is 28.3 Å². The van der Waals surface area contributed by atoms with Crippen molar-refractivity contribution in [3.8, 4) is 5.69 Å². The van der Waals surface area contributed by atoms with Gasteiger partial charge in [-0.3, -0.25) is 4.79 Å². The second kappa shape index (κ2) is 6.49. The molecule has 2 atom stereocenters. The lowest BCUT2D eigenvalue weighted by Crippen LogP contribution is -2.36. The zero-order valence-electron chi connectivity index (χ0n) is 14.0. The number of nitrogens with zero attached hydrogens (tertiary/aromatic N) is 2. The molecule has 2 heterocycles. The lowest BCUT2D eigenvalue weighted by molar-refractivity contribution is 0.100. The average molecular weight is 356 g/mol. The third kappa shape index (κ3) is 2.94. The fourth-order valence-corrected chi connectivity index (χ4v) is 3.49. The summed E-state index contributed by atoms with van der Waals surface area (Å²) in [6, 6.07) is 9.95. The Balaban J connectivity index is 1.70. The first-order chi connectivity index (χ1) is 12.5. The normalized spacial score (nSPS) is 20.4. The fourth-order valence-electron chi connectivity index (χ4n) is 3.49. The maximum atomic E-state index is 14.6. The molecule has 1 aromatic heterocycles. The van der Waals surface area contributed by atoms with Gasteiger partial charge >= 0.3 is 0 Å². The summed E-state index contributed by atoms with van der Waals surface area (Å²) in [5.41, 5.74) is 7.20. The highest BCUT2D eigenvalue weighted by atomic mass is 19.1. The van der Waals surface area contributed by atoms with Crippen LogP contribution in [0.25, 0.3) is 16.6 Å². The number of halogens is 2. The zero-order valence-corrected chi connectivity index (χ0v) is 14.0. The zero-order chi connectivity index (χ0) is 18.3. The van der Waals surface area contributed by atoms with E-state index in [1.165, 1.54) is 10.7 Å². The number of fused-ring (bicyclic) bond motifs is 1. The van der Waals surface area contributed by atoms with Crippen molar-refractivity contribution in [2.75, 3.05) is 13.1 Å². The molecule has 3 aromatic rings. The molecule has 2 aromatic carbocycles. The first kappa shape index (κ1) is 16.7. The van der Waals surface area contributed by atoms with Crippen molar-refractivity contribution in [1.82, 2.24) is 15.1 Å². The Morgan fingerprint density at radius 2 is 2.12 bits per heavy atom. The molecular formula is C19H18F2N4O. The Bertz CT molecular complexity index is 985. The van der Waals surface area contributed by atoms with Crippen molar-refractivity contribution in [3.63, 3.8) is 0 Å². The summed E-state index contributed by atoms with van der Waals surface area (Å²) in [6.07, 6.45) is 1.07. The summed E-state index contributed by atoms with van der Waals surface area (Å²) in [5, 5.41) is 8.10. The molecule has 1 amide bonds. The highest BCUT2D eigenvalue weighted by Gasteiger charge is 2.25. The van der Waals surface area contributed by atoms with Crippen LogP contribution < -0.4 is 11.1 Å². The van der Waals surface area contributed by atoms with Crippen LogP contribution in [0.5, 0.6) is 0 Å². The SMILES string of the molecule is NC(=O)c1cccc2cn(-c3ccc([C@@H]4CNC[C@@H](F)C4)c(F)c3)nc12. The topological polar surface area (TPSA) is 72.9 Å². The third-order valence-electron chi connectivity index (χ3n) is 4.79. The van der Waals surface area contributed by atoms with Gasteiger partial charge in [-0.05, 0) is 30.2 Å². The number of benzene rings is 2. The highest BCUT2D eigenvalue weighted by molar-refractivity contribution is 6.04. The summed E-state index contributed by atoms with van der Waals surface area (Å²) in [4.78, 5) is 11.5. The second-order valence-corrected chi connectivity index (χ2v) is 6.58. The van der Waals surface area contributed by atoms with Gasteiger partial charge in [0.25, 0.3) is 5.91 Å². The van der Waals surface area contributed by atoms with Crippen molar-refractivity contribution in [2.24, 2.45) is 5.73 Å². The fraction of sp³-hybridized carbons (Fsp3) is 0.263. The summed E-state index contributed by atoms with van der Waals surface area (Å²) in [7, 11) is 0. The van der Waals surface area contributed by atoms with E-state index in [0.29, 0.717) is 41.8 Å². The molecule has 0 bridgehead atoms.